The standard InChI is InChI=1S/C23H34N4O3S3/c28-11-9-24-1-5-26(6-2-24)16-19-13-18(21-15-22(31)33-32-21)14-20(23(19)30)17-27-7-3-25(4-8-27)10-12-29/h13-15,28-30H,1-12,16-17H2. The van der Waals surface area contributed by atoms with Gasteiger partial charge in [0.1, 0.15) is 9.57 Å². The Balaban J connectivity index is 1.51. The predicted molar refractivity (Wildman–Crippen MR) is 138 cm³/mol. The largest absolute Gasteiger partial charge is 0.507 e. The minimum atomic E-state index is 0.201. The lowest BCUT2D eigenvalue weighted by Crippen LogP contribution is -2.47. The van der Waals surface area contributed by atoms with Crippen molar-refractivity contribution in [3.63, 3.8) is 0 Å². The number of phenols is 1. The Morgan fingerprint density at radius 2 is 1.15 bits per heavy atom. The highest BCUT2D eigenvalue weighted by Crippen LogP contribution is 2.36. The van der Waals surface area contributed by atoms with Crippen molar-refractivity contribution in [2.24, 2.45) is 0 Å². The van der Waals surface area contributed by atoms with E-state index in [1.54, 1.807) is 20.7 Å². The number of aromatic hydroxyl groups is 1. The maximum atomic E-state index is 11.2. The van der Waals surface area contributed by atoms with Gasteiger partial charge in [-0.3, -0.25) is 19.6 Å². The van der Waals surface area contributed by atoms with E-state index in [9.17, 15) is 15.3 Å². The third-order valence-corrected chi connectivity index (χ3v) is 9.48. The Hall–Kier alpha value is -0.950. The molecular formula is C23H34N4O3S3. The van der Waals surface area contributed by atoms with Crippen LogP contribution in [0.5, 0.6) is 5.75 Å². The van der Waals surface area contributed by atoms with Crippen LogP contribution >= 0.6 is 32.9 Å². The zero-order valence-corrected chi connectivity index (χ0v) is 21.4. The molecule has 0 unspecified atom stereocenters. The average Bonchev–Trinajstić information content (AvgIpc) is 3.25. The van der Waals surface area contributed by atoms with Crippen molar-refractivity contribution >= 4 is 32.9 Å². The monoisotopic (exact) mass is 510 g/mol. The minimum Gasteiger partial charge on any atom is -0.507 e. The molecule has 182 valence electrons. The molecule has 2 aliphatic heterocycles. The van der Waals surface area contributed by atoms with Crippen LogP contribution in [0.1, 0.15) is 11.1 Å². The fourth-order valence-electron chi connectivity index (χ4n) is 4.62. The van der Waals surface area contributed by atoms with Crippen LogP contribution in [0.3, 0.4) is 0 Å². The average molecular weight is 511 g/mol. The first kappa shape index (κ1) is 25.2. The van der Waals surface area contributed by atoms with Crippen LogP contribution in [-0.4, -0.2) is 114 Å². The molecule has 0 saturated carbocycles. The van der Waals surface area contributed by atoms with Crippen LogP contribution in [0, 0.1) is 3.82 Å². The molecule has 0 amide bonds. The topological polar surface area (TPSA) is 73.7 Å². The van der Waals surface area contributed by atoms with Crippen molar-refractivity contribution in [3.8, 4) is 16.2 Å². The van der Waals surface area contributed by atoms with Gasteiger partial charge < -0.3 is 15.3 Å². The van der Waals surface area contributed by atoms with Crippen LogP contribution in [0.4, 0.5) is 0 Å². The highest BCUT2D eigenvalue weighted by atomic mass is 32.9. The van der Waals surface area contributed by atoms with Crippen molar-refractivity contribution in [1.82, 2.24) is 19.6 Å². The number of rotatable bonds is 9. The smallest absolute Gasteiger partial charge is 0.124 e. The van der Waals surface area contributed by atoms with Gasteiger partial charge in [-0.25, -0.2) is 0 Å². The number of hydrogen-bond acceptors (Lipinski definition) is 10. The maximum absolute atomic E-state index is 11.2. The van der Waals surface area contributed by atoms with Gasteiger partial charge >= 0.3 is 0 Å². The van der Waals surface area contributed by atoms with Gasteiger partial charge in [0.25, 0.3) is 0 Å². The summed E-state index contributed by atoms with van der Waals surface area (Å²) in [6, 6.07) is 6.32. The number of nitrogens with zero attached hydrogens (tertiary/aromatic N) is 4. The zero-order valence-electron chi connectivity index (χ0n) is 19.0. The molecule has 3 heterocycles. The Bertz CT molecular complexity index is 901. The van der Waals surface area contributed by atoms with Crippen LogP contribution in [0.25, 0.3) is 10.4 Å². The molecule has 1 aromatic carbocycles. The maximum Gasteiger partial charge on any atom is 0.124 e. The molecule has 2 fully saturated rings. The van der Waals surface area contributed by atoms with E-state index < -0.39 is 0 Å². The SMILES string of the molecule is OCCN1CCN(Cc2cc(-c3cc(=S)ss3)cc(CN3CCN(CCO)CC3)c2O)CC1. The van der Waals surface area contributed by atoms with Crippen molar-refractivity contribution in [1.29, 1.82) is 0 Å². The summed E-state index contributed by atoms with van der Waals surface area (Å²) in [5.41, 5.74) is 3.08. The molecule has 7 nitrogen and oxygen atoms in total. The van der Waals surface area contributed by atoms with Crippen molar-refractivity contribution in [2.45, 2.75) is 13.1 Å². The first-order valence-electron chi connectivity index (χ1n) is 11.6. The summed E-state index contributed by atoms with van der Waals surface area (Å²) in [5.74, 6) is 0.410. The first-order chi connectivity index (χ1) is 16.1. The lowest BCUT2D eigenvalue weighted by atomic mass is 10.0. The molecule has 2 saturated heterocycles. The third kappa shape index (κ3) is 6.81. The second-order valence-corrected chi connectivity index (χ2v) is 11.7. The van der Waals surface area contributed by atoms with Crippen LogP contribution in [0.2, 0.25) is 0 Å². The second-order valence-electron chi connectivity index (χ2n) is 8.82. The predicted octanol–water partition coefficient (Wildman–Crippen LogP) is 2.13. The van der Waals surface area contributed by atoms with Gasteiger partial charge in [-0.15, -0.1) is 0 Å². The van der Waals surface area contributed by atoms with E-state index in [0.717, 1.165) is 104 Å². The molecule has 2 aliphatic rings. The number of hydrogen-bond donors (Lipinski definition) is 3. The van der Waals surface area contributed by atoms with Crippen LogP contribution in [-0.2, 0) is 13.1 Å². The Morgan fingerprint density at radius 3 is 1.55 bits per heavy atom. The molecule has 1 aromatic heterocycles. The molecular weight excluding hydrogens is 476 g/mol. The lowest BCUT2D eigenvalue weighted by Gasteiger charge is -2.35. The summed E-state index contributed by atoms with van der Waals surface area (Å²) in [5, 5.41) is 29.6. The van der Waals surface area contributed by atoms with Gasteiger partial charge in [0.15, 0.2) is 0 Å². The van der Waals surface area contributed by atoms with Gasteiger partial charge in [0.2, 0.25) is 0 Å². The number of benzene rings is 1. The molecule has 4 rings (SSSR count). The molecule has 0 spiro atoms. The van der Waals surface area contributed by atoms with E-state index in [1.165, 1.54) is 0 Å². The van der Waals surface area contributed by atoms with Gasteiger partial charge in [-0.05, 0) is 23.8 Å². The number of aliphatic hydroxyl groups excluding tert-OH is 2. The summed E-state index contributed by atoms with van der Waals surface area (Å²) < 4.78 is 0.895. The molecule has 10 heteroatoms. The van der Waals surface area contributed by atoms with E-state index in [2.05, 4.69) is 37.8 Å². The first-order valence-corrected chi connectivity index (χ1v) is 14.2. The highest BCUT2D eigenvalue weighted by Gasteiger charge is 2.22. The van der Waals surface area contributed by atoms with Gasteiger partial charge in [0.05, 0.1) is 13.2 Å². The molecule has 0 atom stereocenters. The third-order valence-electron chi connectivity index (χ3n) is 6.57. The normalized spacial score (nSPS) is 19.3. The Kier molecular flexibility index (Phi) is 9.26. The lowest BCUT2D eigenvalue weighted by molar-refractivity contribution is 0.106. The van der Waals surface area contributed by atoms with Gasteiger partial charge in [0, 0.05) is 94.5 Å². The highest BCUT2D eigenvalue weighted by molar-refractivity contribution is 7.80. The van der Waals surface area contributed by atoms with E-state index in [4.69, 9.17) is 12.2 Å². The quantitative estimate of drug-likeness (QED) is 0.350. The molecule has 0 radical (unpaired) electrons. The summed E-state index contributed by atoms with van der Waals surface area (Å²) in [6.45, 7) is 10.8. The summed E-state index contributed by atoms with van der Waals surface area (Å²) in [4.78, 5) is 10.5. The fraction of sp³-hybridized carbons (Fsp3) is 0.609. The second kappa shape index (κ2) is 12.1. The fourth-order valence-corrected chi connectivity index (χ4v) is 7.01. The van der Waals surface area contributed by atoms with E-state index in [-0.39, 0.29) is 13.2 Å². The van der Waals surface area contributed by atoms with E-state index in [1.807, 2.05) is 0 Å². The molecule has 0 bridgehead atoms. The van der Waals surface area contributed by atoms with E-state index in [0.29, 0.717) is 5.75 Å². The molecule has 2 aromatic rings. The Labute approximate surface area is 208 Å². The van der Waals surface area contributed by atoms with Crippen LogP contribution in [0.15, 0.2) is 18.2 Å². The summed E-state index contributed by atoms with van der Waals surface area (Å²) in [6.07, 6.45) is 0. The Morgan fingerprint density at radius 1 is 0.697 bits per heavy atom. The number of aliphatic hydroxyl groups is 2. The molecule has 33 heavy (non-hydrogen) atoms. The molecule has 3 N–H and O–H groups in total. The van der Waals surface area contributed by atoms with Crippen molar-refractivity contribution in [2.75, 3.05) is 78.7 Å². The van der Waals surface area contributed by atoms with Crippen molar-refractivity contribution < 1.29 is 15.3 Å². The van der Waals surface area contributed by atoms with Gasteiger partial charge in [-0.2, -0.15) is 0 Å². The van der Waals surface area contributed by atoms with Crippen molar-refractivity contribution in [3.05, 3.63) is 33.1 Å². The van der Waals surface area contributed by atoms with E-state index >= 15 is 0 Å². The molecule has 0 aliphatic carbocycles. The van der Waals surface area contributed by atoms with Crippen LogP contribution < -0.4 is 0 Å². The summed E-state index contributed by atoms with van der Waals surface area (Å²) >= 11 is 5.37. The number of β-amino-alcohol motifs (C(OH)–C–C–N with tert-alkyl or cyclic N) is 2. The van der Waals surface area contributed by atoms with Gasteiger partial charge in [-0.1, -0.05) is 32.9 Å². The number of piperazine rings is 2. The summed E-state index contributed by atoms with van der Waals surface area (Å²) in [7, 11) is 3.31. The number of phenolic OH excluding ortho intramolecular Hbond substituents is 1. The minimum absolute atomic E-state index is 0.201. The zero-order chi connectivity index (χ0) is 23.2.